The third kappa shape index (κ3) is 2.99. The molecule has 26 heavy (non-hydrogen) atoms. The lowest BCUT2D eigenvalue weighted by Crippen LogP contribution is -2.08. The van der Waals surface area contributed by atoms with E-state index in [2.05, 4.69) is 4.74 Å². The smallest absolute Gasteiger partial charge is 0.373 e. The van der Waals surface area contributed by atoms with E-state index in [0.29, 0.717) is 33.6 Å². The fourth-order valence-corrected chi connectivity index (χ4v) is 2.76. The van der Waals surface area contributed by atoms with E-state index in [9.17, 15) is 14.4 Å². The summed E-state index contributed by atoms with van der Waals surface area (Å²) >= 11 is 0. The molecule has 7 heteroatoms. The van der Waals surface area contributed by atoms with Gasteiger partial charge >= 0.3 is 11.9 Å². The predicted molar refractivity (Wildman–Crippen MR) is 92.3 cm³/mol. The van der Waals surface area contributed by atoms with Crippen LogP contribution in [-0.4, -0.2) is 19.0 Å². The van der Waals surface area contributed by atoms with Crippen LogP contribution in [0.15, 0.2) is 37.9 Å². The molecule has 0 spiro atoms. The molecule has 3 aromatic rings. The molecule has 7 nitrogen and oxygen atoms in total. The summed E-state index contributed by atoms with van der Waals surface area (Å²) in [4.78, 5) is 35.7. The molecule has 0 bridgehead atoms. The summed E-state index contributed by atoms with van der Waals surface area (Å²) < 4.78 is 20.8. The quantitative estimate of drug-likeness (QED) is 0.524. The number of furan rings is 1. The minimum absolute atomic E-state index is 0.00380. The van der Waals surface area contributed by atoms with Gasteiger partial charge in [0, 0.05) is 18.6 Å². The average molecular weight is 356 g/mol. The predicted octanol–water partition coefficient (Wildman–Crippen LogP) is 3.38. The molecule has 0 unspecified atom stereocenters. The van der Waals surface area contributed by atoms with E-state index < -0.39 is 11.9 Å². The van der Waals surface area contributed by atoms with Crippen LogP contribution in [0.1, 0.15) is 29.0 Å². The van der Waals surface area contributed by atoms with Gasteiger partial charge in [0.15, 0.2) is 0 Å². The van der Waals surface area contributed by atoms with Crippen molar-refractivity contribution >= 4 is 22.9 Å². The lowest BCUT2D eigenvalue weighted by molar-refractivity contribution is -0.131. The maximum atomic E-state index is 13.0. The molecule has 0 amide bonds. The number of aryl methyl sites for hydroxylation is 2. The molecule has 0 saturated heterocycles. The van der Waals surface area contributed by atoms with Gasteiger partial charge in [-0.15, -0.1) is 0 Å². The number of methoxy groups -OCH3 is 1. The summed E-state index contributed by atoms with van der Waals surface area (Å²) in [7, 11) is 1.25. The number of carbonyl (C=O) groups excluding carboxylic acids is 2. The van der Waals surface area contributed by atoms with Gasteiger partial charge in [-0.1, -0.05) is 0 Å². The third-order valence-electron chi connectivity index (χ3n) is 3.88. The van der Waals surface area contributed by atoms with Crippen molar-refractivity contribution in [3.8, 4) is 16.9 Å². The number of carbonyl (C=O) groups is 2. The van der Waals surface area contributed by atoms with E-state index in [0.717, 1.165) is 0 Å². The molecule has 0 saturated carbocycles. The van der Waals surface area contributed by atoms with Crippen LogP contribution >= 0.6 is 0 Å². The van der Waals surface area contributed by atoms with Crippen LogP contribution in [-0.2, 0) is 9.53 Å². The molecule has 2 heterocycles. The number of hydrogen-bond donors (Lipinski definition) is 0. The second kappa shape index (κ2) is 6.51. The van der Waals surface area contributed by atoms with Crippen LogP contribution in [0.5, 0.6) is 5.75 Å². The highest BCUT2D eigenvalue weighted by molar-refractivity contribution is 5.90. The lowest BCUT2D eigenvalue weighted by atomic mass is 10.0. The Morgan fingerprint density at radius 2 is 1.77 bits per heavy atom. The van der Waals surface area contributed by atoms with Gasteiger partial charge in [-0.3, -0.25) is 9.59 Å². The highest BCUT2D eigenvalue weighted by Crippen LogP contribution is 2.30. The number of esters is 2. The van der Waals surface area contributed by atoms with Crippen LogP contribution in [0.2, 0.25) is 0 Å². The Bertz CT molecular complexity index is 1090. The fourth-order valence-electron chi connectivity index (χ4n) is 2.76. The SMILES string of the molecule is COC(=O)c1cc(-c2c(C)oc3cc(OC(C)=O)ccc3c2=O)c(C)o1. The minimum Gasteiger partial charge on any atom is -0.463 e. The lowest BCUT2D eigenvalue weighted by Gasteiger charge is -2.07. The Morgan fingerprint density at radius 1 is 1.04 bits per heavy atom. The van der Waals surface area contributed by atoms with Crippen molar-refractivity contribution in [2.24, 2.45) is 0 Å². The zero-order valence-corrected chi connectivity index (χ0v) is 14.7. The number of rotatable bonds is 3. The van der Waals surface area contributed by atoms with E-state index in [1.54, 1.807) is 13.8 Å². The van der Waals surface area contributed by atoms with E-state index in [4.69, 9.17) is 13.6 Å². The highest BCUT2D eigenvalue weighted by Gasteiger charge is 2.21. The number of hydrogen-bond acceptors (Lipinski definition) is 7. The molecule has 1 aromatic carbocycles. The normalized spacial score (nSPS) is 10.8. The van der Waals surface area contributed by atoms with E-state index in [1.807, 2.05) is 0 Å². The summed E-state index contributed by atoms with van der Waals surface area (Å²) in [5, 5.41) is 0.321. The zero-order valence-electron chi connectivity index (χ0n) is 14.7. The Labute approximate surface area is 148 Å². The second-order valence-corrected chi connectivity index (χ2v) is 5.69. The summed E-state index contributed by atoms with van der Waals surface area (Å²) in [6, 6.07) is 5.98. The zero-order chi connectivity index (χ0) is 19.0. The Hall–Kier alpha value is -3.35. The molecule has 0 atom stereocenters. The van der Waals surface area contributed by atoms with Crippen LogP contribution in [0.4, 0.5) is 0 Å². The Balaban J connectivity index is 2.19. The third-order valence-corrected chi connectivity index (χ3v) is 3.88. The Morgan fingerprint density at radius 3 is 2.42 bits per heavy atom. The fraction of sp³-hybridized carbons (Fsp3) is 0.211. The summed E-state index contributed by atoms with van der Waals surface area (Å²) in [6.45, 7) is 4.57. The summed E-state index contributed by atoms with van der Waals surface area (Å²) in [5.74, 6) is -0.0612. The average Bonchev–Trinajstić information content (AvgIpc) is 2.95. The second-order valence-electron chi connectivity index (χ2n) is 5.69. The molecule has 0 aliphatic rings. The van der Waals surface area contributed by atoms with Gasteiger partial charge in [0.25, 0.3) is 0 Å². The topological polar surface area (TPSA) is 96.0 Å². The van der Waals surface area contributed by atoms with Gasteiger partial charge in [0.05, 0.1) is 18.1 Å². The molecular formula is C19H16O7. The van der Waals surface area contributed by atoms with Crippen molar-refractivity contribution < 1.29 is 27.9 Å². The largest absolute Gasteiger partial charge is 0.463 e. The van der Waals surface area contributed by atoms with Gasteiger partial charge in [0.1, 0.15) is 22.9 Å². The first kappa shape index (κ1) is 17.5. The van der Waals surface area contributed by atoms with Gasteiger partial charge in [-0.25, -0.2) is 4.79 Å². The molecule has 0 aliphatic carbocycles. The highest BCUT2D eigenvalue weighted by atomic mass is 16.5. The minimum atomic E-state index is -0.631. The van der Waals surface area contributed by atoms with E-state index >= 15 is 0 Å². The standard InChI is InChI=1S/C19H16O7/c1-9-14(8-16(24-9)19(22)23-4)17-10(2)25-15-7-12(26-11(3)20)5-6-13(15)18(17)21/h5-8H,1-4H3. The van der Waals surface area contributed by atoms with E-state index in [-0.39, 0.29) is 16.9 Å². The molecule has 0 fully saturated rings. The van der Waals surface area contributed by atoms with Crippen molar-refractivity contribution in [1.82, 2.24) is 0 Å². The van der Waals surface area contributed by atoms with Crippen LogP contribution in [0.25, 0.3) is 22.1 Å². The first-order valence-electron chi connectivity index (χ1n) is 7.76. The molecule has 3 rings (SSSR count). The summed E-state index contributed by atoms with van der Waals surface area (Å²) in [6.07, 6.45) is 0. The van der Waals surface area contributed by atoms with Gasteiger partial charge in [-0.05, 0) is 32.0 Å². The first-order valence-corrected chi connectivity index (χ1v) is 7.76. The first-order chi connectivity index (χ1) is 12.3. The van der Waals surface area contributed by atoms with Gasteiger partial charge in [0.2, 0.25) is 11.2 Å². The van der Waals surface area contributed by atoms with Crippen molar-refractivity contribution in [3.05, 3.63) is 51.8 Å². The molecule has 0 N–H and O–H groups in total. The molecule has 2 aromatic heterocycles. The molecule has 0 radical (unpaired) electrons. The number of benzene rings is 1. The van der Waals surface area contributed by atoms with Gasteiger partial charge in [-0.2, -0.15) is 0 Å². The maximum absolute atomic E-state index is 13.0. The molecule has 0 aliphatic heterocycles. The van der Waals surface area contributed by atoms with Crippen LogP contribution in [0, 0.1) is 13.8 Å². The molecule has 134 valence electrons. The number of fused-ring (bicyclic) bond motifs is 1. The van der Waals surface area contributed by atoms with E-state index in [1.165, 1.54) is 38.3 Å². The molecular weight excluding hydrogens is 340 g/mol. The van der Waals surface area contributed by atoms with Crippen molar-refractivity contribution in [1.29, 1.82) is 0 Å². The Kier molecular flexibility index (Phi) is 4.38. The van der Waals surface area contributed by atoms with Crippen LogP contribution in [0.3, 0.4) is 0 Å². The number of ether oxygens (including phenoxy) is 2. The maximum Gasteiger partial charge on any atom is 0.373 e. The monoisotopic (exact) mass is 356 g/mol. The van der Waals surface area contributed by atoms with Crippen molar-refractivity contribution in [2.45, 2.75) is 20.8 Å². The summed E-state index contributed by atoms with van der Waals surface area (Å²) in [5.41, 5.74) is 0.777. The van der Waals surface area contributed by atoms with Crippen LogP contribution < -0.4 is 10.2 Å². The van der Waals surface area contributed by atoms with Crippen molar-refractivity contribution in [2.75, 3.05) is 7.11 Å². The van der Waals surface area contributed by atoms with Crippen molar-refractivity contribution in [3.63, 3.8) is 0 Å². The van der Waals surface area contributed by atoms with Gasteiger partial charge < -0.3 is 18.3 Å².